The summed E-state index contributed by atoms with van der Waals surface area (Å²) in [6.07, 6.45) is 7.08. The van der Waals surface area contributed by atoms with Crippen LogP contribution in [-0.4, -0.2) is 18.3 Å². The largest absolute Gasteiger partial charge is 0.464 e. The van der Waals surface area contributed by atoms with Crippen molar-refractivity contribution in [2.24, 2.45) is 0 Å². The predicted octanol–water partition coefficient (Wildman–Crippen LogP) is 30.7. The molecule has 10 nitrogen and oxygen atoms in total. The number of aromatic nitrogens is 4. The number of rotatable bonds is 4. The molecule has 0 fully saturated rings. The Hall–Kier alpha value is -15.1. The first kappa shape index (κ1) is 64.6. The highest BCUT2D eigenvalue weighted by molar-refractivity contribution is 7.26. The lowest BCUT2D eigenvalue weighted by atomic mass is 10.1. The summed E-state index contributed by atoms with van der Waals surface area (Å²) in [5.74, 6) is 0. The summed E-state index contributed by atoms with van der Waals surface area (Å²) in [7, 11) is 0. The van der Waals surface area contributed by atoms with Gasteiger partial charge in [0.1, 0.15) is 39.1 Å². The van der Waals surface area contributed by atoms with E-state index < -0.39 is 0 Å². The first-order chi connectivity index (χ1) is 57.6. The number of fused-ring (bicyclic) bond motifs is 32. The van der Waals surface area contributed by atoms with Crippen LogP contribution >= 0.6 is 22.7 Å². The second kappa shape index (κ2) is 25.2. The molecule has 0 saturated carbocycles. The first-order valence-corrected chi connectivity index (χ1v) is 40.4. The summed E-state index contributed by atoms with van der Waals surface area (Å²) in [6.45, 7) is 0. The summed E-state index contributed by atoms with van der Waals surface area (Å²) < 4.78 is 50.6. The third kappa shape index (κ3) is 9.56. The number of benzene rings is 16. The van der Waals surface area contributed by atoms with Crippen LogP contribution in [0, 0.1) is 0 Å². The van der Waals surface area contributed by atoms with Crippen LogP contribution in [0.15, 0.2) is 391 Å². The quantitative estimate of drug-likeness (QED) is 0.174. The maximum absolute atomic E-state index is 6.33. The van der Waals surface area contributed by atoms with Crippen molar-refractivity contribution in [1.29, 1.82) is 0 Å². The topological polar surface area (TPSA) is 98.6 Å². The minimum atomic E-state index is 0.899. The van der Waals surface area contributed by atoms with Gasteiger partial charge in [0.2, 0.25) is 0 Å². The molecule has 0 unspecified atom stereocenters. The predicted molar refractivity (Wildman–Crippen MR) is 483 cm³/mol. The van der Waals surface area contributed by atoms with E-state index in [1.165, 1.54) is 112 Å². The molecule has 116 heavy (non-hydrogen) atoms. The fourth-order valence-corrected chi connectivity index (χ4v) is 20.8. The Kier molecular flexibility index (Phi) is 14.0. The van der Waals surface area contributed by atoms with Gasteiger partial charge in [0, 0.05) is 112 Å². The summed E-state index contributed by atoms with van der Waals surface area (Å²) in [6, 6.07) is 120. The summed E-state index contributed by atoms with van der Waals surface area (Å²) in [5.41, 5.74) is 21.3. The van der Waals surface area contributed by atoms with Gasteiger partial charge in [-0.2, -0.15) is 0 Å². The molecule has 0 saturated heterocycles. The van der Waals surface area contributed by atoms with Crippen molar-refractivity contribution >= 4 is 238 Å². The number of nitrogens with zero attached hydrogens (tertiary/aromatic N) is 4. The third-order valence-corrected chi connectivity index (χ3v) is 25.9. The SMILES string of the molecule is c1ccc2c(c1)oc1c(-n3c4ccccc4c4c5occc5ccc43)cccc12.c1ccc2c(c1)oc1ccc(-n3c4ccccc4c4c5occc5ccc43)cc12.c1ccc2c(c1)sc1c(-n3c4ccccc4c4c5occc5ccc43)cccc12.c1ccc2c(c1)sc1ccc(-n3c4ccccc4c4c5occc5ccc43)cc12. The zero-order valence-electron chi connectivity index (χ0n) is 61.7. The van der Waals surface area contributed by atoms with Crippen LogP contribution in [0.4, 0.5) is 0 Å². The Morgan fingerprint density at radius 2 is 0.552 bits per heavy atom. The Morgan fingerprint density at radius 1 is 0.198 bits per heavy atom. The fraction of sp³-hybridized carbons (Fsp3) is 0. The van der Waals surface area contributed by atoms with Gasteiger partial charge in [0.15, 0.2) is 5.58 Å². The molecule has 0 atom stereocenters. The Labute approximate surface area is 665 Å². The highest BCUT2D eigenvalue weighted by atomic mass is 32.1. The average molecular weight is 1530 g/mol. The zero-order valence-corrected chi connectivity index (χ0v) is 63.3. The van der Waals surface area contributed by atoms with Gasteiger partial charge in [0.25, 0.3) is 0 Å². The van der Waals surface area contributed by atoms with Crippen LogP contribution in [0.25, 0.3) is 238 Å². The minimum Gasteiger partial charge on any atom is -0.464 e. The molecule has 0 aliphatic carbocycles. The van der Waals surface area contributed by atoms with E-state index >= 15 is 0 Å². The van der Waals surface area contributed by atoms with Gasteiger partial charge in [0.05, 0.1) is 107 Å². The molecule has 28 aromatic rings. The number of para-hydroxylation sites is 7. The van der Waals surface area contributed by atoms with Gasteiger partial charge in [-0.15, -0.1) is 22.7 Å². The number of hydrogen-bond donors (Lipinski definition) is 0. The van der Waals surface area contributed by atoms with Crippen LogP contribution in [0.3, 0.4) is 0 Å². The van der Waals surface area contributed by atoms with Gasteiger partial charge in [-0.1, -0.05) is 170 Å². The maximum atomic E-state index is 6.33. The molecule has 0 N–H and O–H groups in total. The van der Waals surface area contributed by atoms with Gasteiger partial charge >= 0.3 is 0 Å². The molecule has 12 heterocycles. The number of hydrogen-bond acceptors (Lipinski definition) is 8. The second-order valence-corrected chi connectivity index (χ2v) is 31.8. The molecule has 0 aliphatic rings. The van der Waals surface area contributed by atoms with Crippen LogP contribution in [0.5, 0.6) is 0 Å². The normalized spacial score (nSPS) is 12.1. The van der Waals surface area contributed by atoms with Crippen molar-refractivity contribution in [2.45, 2.75) is 0 Å². The van der Waals surface area contributed by atoms with Crippen molar-refractivity contribution in [3.8, 4) is 22.7 Å². The molecule has 28 rings (SSSR count). The van der Waals surface area contributed by atoms with Crippen LogP contribution in [0.1, 0.15) is 0 Å². The van der Waals surface area contributed by atoms with E-state index in [1.807, 2.05) is 71.2 Å². The lowest BCUT2D eigenvalue weighted by molar-refractivity contribution is 0.619. The molecule has 12 heteroatoms. The van der Waals surface area contributed by atoms with Crippen LogP contribution < -0.4 is 0 Å². The van der Waals surface area contributed by atoms with Gasteiger partial charge in [-0.3, -0.25) is 0 Å². The van der Waals surface area contributed by atoms with Crippen molar-refractivity contribution in [2.75, 3.05) is 0 Å². The van der Waals surface area contributed by atoms with E-state index in [0.29, 0.717) is 0 Å². The van der Waals surface area contributed by atoms with Crippen LogP contribution in [0.2, 0.25) is 0 Å². The zero-order chi connectivity index (χ0) is 75.8. The standard InChI is InChI=1S/2C26H15NO2.2C26H15NOS/c1-3-9-20-19(7-1)24-21(13-12-16-14-15-28-25(16)24)27(20)22-10-5-8-18-17-6-2-4-11-23(17)29-26(18)22;1-3-7-21-19(6-1)25-22(11-9-16-13-14-28-26(16)25)27(21)17-10-12-24-20(15-17)18-5-2-4-8-23(18)29-24;1-3-9-20-19(7-1)24-21(13-12-16-14-15-28-25(16)24)27(20)22-10-5-8-18-17-6-2-4-11-23(17)29-26(18)22;1-3-7-21-19(6-1)25-22(11-9-16-13-14-28-26(16)25)27(21)17-10-12-24-20(15-17)18-5-2-4-8-23(18)29-24/h4*1-15H. The Bertz CT molecular complexity index is 8380. The molecule has 544 valence electrons. The molecule has 12 aromatic heterocycles. The first-order valence-electron chi connectivity index (χ1n) is 38.8. The van der Waals surface area contributed by atoms with E-state index in [2.05, 4.69) is 309 Å². The molecule has 0 spiro atoms. The van der Waals surface area contributed by atoms with E-state index in [0.717, 1.165) is 126 Å². The Balaban J connectivity index is 0.0000000866. The van der Waals surface area contributed by atoms with E-state index in [1.54, 1.807) is 25.1 Å². The minimum absolute atomic E-state index is 0.899. The fourth-order valence-electron chi connectivity index (χ4n) is 18.5. The lowest BCUT2D eigenvalue weighted by Gasteiger charge is -2.09. The smallest absolute Gasteiger partial charge is 0.159 e. The second-order valence-electron chi connectivity index (χ2n) is 29.7. The molecular weight excluding hydrogens is 1470 g/mol. The molecule has 0 radical (unpaired) electrons. The van der Waals surface area contributed by atoms with E-state index in [4.69, 9.17) is 26.5 Å². The lowest BCUT2D eigenvalue weighted by Crippen LogP contribution is -1.94. The van der Waals surface area contributed by atoms with Crippen molar-refractivity contribution in [3.63, 3.8) is 0 Å². The van der Waals surface area contributed by atoms with Gasteiger partial charge in [-0.05, 0) is 170 Å². The molecule has 16 aromatic carbocycles. The van der Waals surface area contributed by atoms with E-state index in [-0.39, 0.29) is 0 Å². The third-order valence-electron chi connectivity index (χ3n) is 23.5. The molecule has 0 amide bonds. The monoisotopic (exact) mass is 1520 g/mol. The van der Waals surface area contributed by atoms with Gasteiger partial charge < -0.3 is 44.8 Å². The highest BCUT2D eigenvalue weighted by Gasteiger charge is 2.25. The molecular formula is C104H60N4O6S2. The Morgan fingerprint density at radius 3 is 1.07 bits per heavy atom. The summed E-state index contributed by atoms with van der Waals surface area (Å²) >= 11 is 3.72. The van der Waals surface area contributed by atoms with Crippen LogP contribution in [-0.2, 0) is 0 Å². The van der Waals surface area contributed by atoms with E-state index in [9.17, 15) is 0 Å². The van der Waals surface area contributed by atoms with Gasteiger partial charge in [-0.25, -0.2) is 0 Å². The molecule has 0 aliphatic heterocycles. The van der Waals surface area contributed by atoms with Crippen molar-refractivity contribution < 1.29 is 26.5 Å². The highest BCUT2D eigenvalue weighted by Crippen LogP contribution is 2.47. The summed E-state index contributed by atoms with van der Waals surface area (Å²) in [5, 5.41) is 23.8. The van der Waals surface area contributed by atoms with Crippen molar-refractivity contribution in [1.82, 2.24) is 18.3 Å². The molecule has 0 bridgehead atoms. The summed E-state index contributed by atoms with van der Waals surface area (Å²) in [4.78, 5) is 0. The average Bonchev–Trinajstić information content (AvgIpc) is 1.60. The number of furan rings is 6. The maximum Gasteiger partial charge on any atom is 0.159 e. The number of thiophene rings is 2. The van der Waals surface area contributed by atoms with Crippen molar-refractivity contribution in [3.05, 3.63) is 365 Å².